The van der Waals surface area contributed by atoms with E-state index in [1.807, 2.05) is 39.0 Å². The van der Waals surface area contributed by atoms with Gasteiger partial charge in [0.05, 0.1) is 39.6 Å². The molecule has 1 heterocycles. The van der Waals surface area contributed by atoms with Gasteiger partial charge in [-0.15, -0.1) is 0 Å². The standard InChI is InChI=1S/C11H20N3O/c1-9(15)11(14(3,4)5)6-10-7-13(2)8-12-10/h7-8,11H,6H2,1-5H3/q+1. The third-order valence-electron chi connectivity index (χ3n) is 2.57. The second-order valence-electron chi connectivity index (χ2n) is 4.98. The molecule has 0 radical (unpaired) electrons. The quantitative estimate of drug-likeness (QED) is 0.683. The Hall–Kier alpha value is -1.16. The van der Waals surface area contributed by atoms with E-state index < -0.39 is 0 Å². The van der Waals surface area contributed by atoms with Gasteiger partial charge in [-0.05, 0) is 0 Å². The normalized spacial score (nSPS) is 13.9. The highest BCUT2D eigenvalue weighted by molar-refractivity contribution is 5.80. The van der Waals surface area contributed by atoms with Crippen molar-refractivity contribution in [2.24, 2.45) is 7.05 Å². The first-order valence-electron chi connectivity index (χ1n) is 5.09. The summed E-state index contributed by atoms with van der Waals surface area (Å²) in [6, 6.07) is -0.0140. The summed E-state index contributed by atoms with van der Waals surface area (Å²) in [5.74, 6) is 0.216. The van der Waals surface area contributed by atoms with Gasteiger partial charge in [0.15, 0.2) is 11.8 Å². The number of Topliss-reactive ketones (excluding diaryl/α,β-unsaturated/α-hetero) is 1. The van der Waals surface area contributed by atoms with Crippen LogP contribution in [0.3, 0.4) is 0 Å². The lowest BCUT2D eigenvalue weighted by molar-refractivity contribution is -0.886. The Labute approximate surface area is 91.1 Å². The van der Waals surface area contributed by atoms with Gasteiger partial charge in [0, 0.05) is 20.2 Å². The van der Waals surface area contributed by atoms with Crippen molar-refractivity contribution in [2.45, 2.75) is 19.4 Å². The van der Waals surface area contributed by atoms with Crippen LogP contribution in [0.2, 0.25) is 0 Å². The molecule has 84 valence electrons. The lowest BCUT2D eigenvalue weighted by Crippen LogP contribution is -2.50. The fourth-order valence-electron chi connectivity index (χ4n) is 1.73. The lowest BCUT2D eigenvalue weighted by atomic mass is 10.1. The first-order valence-corrected chi connectivity index (χ1v) is 5.09. The van der Waals surface area contributed by atoms with Gasteiger partial charge < -0.3 is 9.05 Å². The van der Waals surface area contributed by atoms with Crippen molar-refractivity contribution in [1.82, 2.24) is 9.55 Å². The molecule has 1 rings (SSSR count). The van der Waals surface area contributed by atoms with Crippen LogP contribution in [-0.4, -0.2) is 47.0 Å². The average Bonchev–Trinajstić information content (AvgIpc) is 2.44. The Morgan fingerprint density at radius 1 is 1.53 bits per heavy atom. The van der Waals surface area contributed by atoms with Crippen molar-refractivity contribution in [3.8, 4) is 0 Å². The van der Waals surface area contributed by atoms with Gasteiger partial charge in [0.2, 0.25) is 0 Å². The molecule has 4 nitrogen and oxygen atoms in total. The van der Waals surface area contributed by atoms with E-state index in [1.54, 1.807) is 13.3 Å². The molecule has 0 amide bonds. The van der Waals surface area contributed by atoms with Crippen molar-refractivity contribution in [2.75, 3.05) is 21.1 Å². The number of ketones is 1. The molecule has 0 N–H and O–H groups in total. The molecule has 15 heavy (non-hydrogen) atoms. The molecule has 0 fully saturated rings. The maximum absolute atomic E-state index is 11.6. The number of carbonyl (C=O) groups is 1. The van der Waals surface area contributed by atoms with Crippen molar-refractivity contribution in [3.63, 3.8) is 0 Å². The van der Waals surface area contributed by atoms with Gasteiger partial charge in [0.1, 0.15) is 0 Å². The Bertz CT molecular complexity index is 349. The fraction of sp³-hybridized carbons (Fsp3) is 0.636. The molecule has 4 heteroatoms. The number of imidazole rings is 1. The second-order valence-corrected chi connectivity index (χ2v) is 4.98. The molecular weight excluding hydrogens is 190 g/mol. The Morgan fingerprint density at radius 2 is 2.13 bits per heavy atom. The molecule has 0 saturated heterocycles. The van der Waals surface area contributed by atoms with Crippen molar-refractivity contribution >= 4 is 5.78 Å². The minimum Gasteiger partial charge on any atom is -0.340 e. The topological polar surface area (TPSA) is 34.9 Å². The molecule has 0 saturated carbocycles. The third kappa shape index (κ3) is 3.16. The summed E-state index contributed by atoms with van der Waals surface area (Å²) in [7, 11) is 8.05. The predicted molar refractivity (Wildman–Crippen MR) is 59.4 cm³/mol. The number of aromatic nitrogens is 2. The van der Waals surface area contributed by atoms with Gasteiger partial charge in [0.25, 0.3) is 0 Å². The number of aryl methyl sites for hydroxylation is 1. The van der Waals surface area contributed by atoms with Crippen LogP contribution < -0.4 is 0 Å². The maximum atomic E-state index is 11.6. The number of quaternary nitrogens is 1. The smallest absolute Gasteiger partial charge is 0.187 e. The van der Waals surface area contributed by atoms with Crippen molar-refractivity contribution in [3.05, 3.63) is 18.2 Å². The molecule has 0 bridgehead atoms. The zero-order chi connectivity index (χ0) is 11.6. The zero-order valence-corrected chi connectivity index (χ0v) is 10.2. The molecule has 0 aliphatic rings. The second kappa shape index (κ2) is 4.14. The van der Waals surface area contributed by atoms with Gasteiger partial charge in [-0.2, -0.15) is 0 Å². The molecule has 0 aromatic carbocycles. The molecule has 1 atom stereocenters. The van der Waals surface area contributed by atoms with Crippen LogP contribution in [0.1, 0.15) is 12.6 Å². The molecule has 1 aromatic rings. The predicted octanol–water partition coefficient (Wildman–Crippen LogP) is 0.626. The monoisotopic (exact) mass is 210 g/mol. The van der Waals surface area contributed by atoms with Crippen LogP contribution in [0.5, 0.6) is 0 Å². The van der Waals surface area contributed by atoms with E-state index in [0.717, 1.165) is 5.69 Å². The van der Waals surface area contributed by atoms with Crippen LogP contribution in [-0.2, 0) is 18.3 Å². The Kier molecular flexibility index (Phi) is 3.29. The van der Waals surface area contributed by atoms with E-state index in [0.29, 0.717) is 10.9 Å². The molecule has 1 aromatic heterocycles. The number of likely N-dealkylation sites (N-methyl/N-ethyl adjacent to an activating group) is 1. The zero-order valence-electron chi connectivity index (χ0n) is 10.2. The summed E-state index contributed by atoms with van der Waals surface area (Å²) < 4.78 is 2.55. The van der Waals surface area contributed by atoms with Crippen LogP contribution in [0.4, 0.5) is 0 Å². The number of carbonyl (C=O) groups excluding carboxylic acids is 1. The number of rotatable bonds is 4. The summed E-state index contributed by atoms with van der Waals surface area (Å²) >= 11 is 0. The highest BCUT2D eigenvalue weighted by atomic mass is 16.1. The van der Waals surface area contributed by atoms with E-state index in [4.69, 9.17) is 0 Å². The number of hydrogen-bond donors (Lipinski definition) is 0. The number of hydrogen-bond acceptors (Lipinski definition) is 2. The maximum Gasteiger partial charge on any atom is 0.187 e. The van der Waals surface area contributed by atoms with Gasteiger partial charge in [-0.1, -0.05) is 0 Å². The highest BCUT2D eigenvalue weighted by Crippen LogP contribution is 2.10. The van der Waals surface area contributed by atoms with E-state index in [1.165, 1.54) is 0 Å². The molecule has 1 unspecified atom stereocenters. The van der Waals surface area contributed by atoms with Gasteiger partial charge >= 0.3 is 0 Å². The van der Waals surface area contributed by atoms with Crippen LogP contribution in [0, 0.1) is 0 Å². The van der Waals surface area contributed by atoms with Crippen molar-refractivity contribution < 1.29 is 9.28 Å². The van der Waals surface area contributed by atoms with Gasteiger partial charge in [-0.25, -0.2) is 4.98 Å². The van der Waals surface area contributed by atoms with E-state index in [-0.39, 0.29) is 11.8 Å². The summed E-state index contributed by atoms with van der Waals surface area (Å²) in [5.41, 5.74) is 0.978. The van der Waals surface area contributed by atoms with Crippen LogP contribution in [0.25, 0.3) is 0 Å². The first-order chi connectivity index (χ1) is 6.80. The van der Waals surface area contributed by atoms with E-state index in [9.17, 15) is 4.79 Å². The SMILES string of the molecule is CC(=O)C(Cc1cn(C)cn1)[N+](C)(C)C. The Morgan fingerprint density at radius 3 is 2.47 bits per heavy atom. The fourth-order valence-corrected chi connectivity index (χ4v) is 1.73. The largest absolute Gasteiger partial charge is 0.340 e. The summed E-state index contributed by atoms with van der Waals surface area (Å²) in [6.45, 7) is 1.65. The van der Waals surface area contributed by atoms with Crippen LogP contribution >= 0.6 is 0 Å². The summed E-state index contributed by atoms with van der Waals surface area (Å²) in [4.78, 5) is 15.8. The molecule has 0 spiro atoms. The molecule has 0 aliphatic heterocycles. The average molecular weight is 210 g/mol. The van der Waals surface area contributed by atoms with E-state index in [2.05, 4.69) is 4.98 Å². The summed E-state index contributed by atoms with van der Waals surface area (Å²) in [6.07, 6.45) is 4.44. The number of nitrogens with zero attached hydrogens (tertiary/aromatic N) is 3. The highest BCUT2D eigenvalue weighted by Gasteiger charge is 2.29. The Balaban J connectivity index is 2.81. The minimum absolute atomic E-state index is 0.0140. The van der Waals surface area contributed by atoms with E-state index >= 15 is 0 Å². The minimum atomic E-state index is -0.0140. The summed E-state index contributed by atoms with van der Waals surface area (Å²) in [5, 5.41) is 0. The molecular formula is C11H20N3O+. The van der Waals surface area contributed by atoms with Gasteiger partial charge in [-0.3, -0.25) is 4.79 Å². The lowest BCUT2D eigenvalue weighted by Gasteiger charge is -2.31. The first kappa shape index (κ1) is 11.9. The third-order valence-corrected chi connectivity index (χ3v) is 2.57. The molecule has 0 aliphatic carbocycles. The van der Waals surface area contributed by atoms with Crippen LogP contribution in [0.15, 0.2) is 12.5 Å². The van der Waals surface area contributed by atoms with Crippen molar-refractivity contribution in [1.29, 1.82) is 0 Å².